The van der Waals surface area contributed by atoms with Gasteiger partial charge in [0.05, 0.1) is 0 Å². The van der Waals surface area contributed by atoms with Gasteiger partial charge in [-0.25, -0.2) is 0 Å². The molecule has 0 saturated carbocycles. The summed E-state index contributed by atoms with van der Waals surface area (Å²) in [4.78, 5) is 11.3. The molecule has 19 heavy (non-hydrogen) atoms. The van der Waals surface area contributed by atoms with E-state index in [0.29, 0.717) is 0 Å². The first-order valence-electron chi connectivity index (χ1n) is 6.61. The Morgan fingerprint density at radius 2 is 1.32 bits per heavy atom. The molecule has 0 spiro atoms. The van der Waals surface area contributed by atoms with Crippen LogP contribution in [0.2, 0.25) is 0 Å². The van der Waals surface area contributed by atoms with Crippen LogP contribution in [0.5, 0.6) is 0 Å². The maximum absolute atomic E-state index is 11.3. The van der Waals surface area contributed by atoms with Gasteiger partial charge in [0.25, 0.3) is 0 Å². The molecule has 0 amide bonds. The maximum atomic E-state index is 11.3. The van der Waals surface area contributed by atoms with E-state index in [1.165, 1.54) is 16.7 Å². The summed E-state index contributed by atoms with van der Waals surface area (Å²) in [5, 5.41) is 0. The lowest BCUT2D eigenvalue weighted by atomic mass is 9.94. The quantitative estimate of drug-likeness (QED) is 0.723. The molecule has 0 unspecified atom stereocenters. The van der Waals surface area contributed by atoms with Crippen LogP contribution in [0.1, 0.15) is 32.6 Å². The largest absolute Gasteiger partial charge is 0.298 e. The molecule has 4 aliphatic carbocycles. The van der Waals surface area contributed by atoms with E-state index >= 15 is 0 Å². The Morgan fingerprint density at radius 3 is 1.89 bits per heavy atom. The van der Waals surface area contributed by atoms with Crippen molar-refractivity contribution in [1.82, 2.24) is 0 Å². The van der Waals surface area contributed by atoms with Crippen molar-refractivity contribution in [3.05, 3.63) is 68.7 Å². The van der Waals surface area contributed by atoms with E-state index in [4.69, 9.17) is 0 Å². The zero-order chi connectivity index (χ0) is 13.2. The van der Waals surface area contributed by atoms with Gasteiger partial charge in [-0.2, -0.15) is 0 Å². The van der Waals surface area contributed by atoms with Gasteiger partial charge in [-0.3, -0.25) is 4.79 Å². The van der Waals surface area contributed by atoms with E-state index in [-0.39, 0.29) is 0 Å². The third-order valence-electron chi connectivity index (χ3n) is 3.86. The highest BCUT2D eigenvalue weighted by atomic mass is 79.9. The van der Waals surface area contributed by atoms with E-state index in [1.54, 1.807) is 0 Å². The summed E-state index contributed by atoms with van der Waals surface area (Å²) in [6.45, 7) is 0. The van der Waals surface area contributed by atoms with Gasteiger partial charge in [0.2, 0.25) is 0 Å². The number of rotatable bonds is 1. The van der Waals surface area contributed by atoms with Crippen molar-refractivity contribution >= 4 is 22.2 Å². The molecule has 4 bridgehead atoms. The van der Waals surface area contributed by atoms with Gasteiger partial charge in [-0.1, -0.05) is 36.4 Å². The lowest BCUT2D eigenvalue weighted by Gasteiger charge is -2.14. The fourth-order valence-electron chi connectivity index (χ4n) is 2.65. The molecule has 2 aromatic rings. The molecule has 2 aromatic carbocycles. The molecule has 6 rings (SSSR count). The molecule has 0 heterocycles. The minimum atomic E-state index is 0.826. The first-order valence-corrected chi connectivity index (χ1v) is 7.40. The normalized spacial score (nSPS) is 13.9. The van der Waals surface area contributed by atoms with Crippen molar-refractivity contribution in [2.24, 2.45) is 0 Å². The number of hydrogen-bond acceptors (Lipinski definition) is 1. The second kappa shape index (κ2) is 5.30. The highest BCUT2D eigenvalue weighted by molar-refractivity contribution is 9.10. The molecule has 0 fully saturated rings. The molecular formula is C17H15BrO. The summed E-state index contributed by atoms with van der Waals surface area (Å²) in [5.74, 6) is 0. The summed E-state index contributed by atoms with van der Waals surface area (Å²) in [6, 6.07) is 13.1. The zero-order valence-electron chi connectivity index (χ0n) is 10.7. The van der Waals surface area contributed by atoms with Crippen LogP contribution in [0.15, 0.2) is 40.9 Å². The van der Waals surface area contributed by atoms with Gasteiger partial charge in [0.1, 0.15) is 0 Å². The topological polar surface area (TPSA) is 17.1 Å². The second-order valence-corrected chi connectivity index (χ2v) is 5.84. The van der Waals surface area contributed by atoms with Crippen molar-refractivity contribution < 1.29 is 4.79 Å². The third-order valence-corrected chi connectivity index (χ3v) is 4.79. The number of aryl methyl sites for hydroxylation is 4. The van der Waals surface area contributed by atoms with Crippen molar-refractivity contribution in [2.45, 2.75) is 25.7 Å². The van der Waals surface area contributed by atoms with E-state index in [2.05, 4.69) is 52.3 Å². The number of benzene rings is 2. The van der Waals surface area contributed by atoms with Crippen molar-refractivity contribution in [2.75, 3.05) is 0 Å². The van der Waals surface area contributed by atoms with Gasteiger partial charge < -0.3 is 0 Å². The summed E-state index contributed by atoms with van der Waals surface area (Å²) < 4.78 is 0.981. The maximum Gasteiger partial charge on any atom is 0.151 e. The van der Waals surface area contributed by atoms with Crippen molar-refractivity contribution in [3.63, 3.8) is 0 Å². The Balaban J connectivity index is 2.08. The molecule has 0 radical (unpaired) electrons. The molecule has 2 heteroatoms. The van der Waals surface area contributed by atoms with Crippen LogP contribution in [0.3, 0.4) is 0 Å². The van der Waals surface area contributed by atoms with E-state index in [1.807, 2.05) is 0 Å². The number of halogens is 1. The fraction of sp³-hybridized carbons (Fsp3) is 0.235. The predicted molar refractivity (Wildman–Crippen MR) is 80.8 cm³/mol. The van der Waals surface area contributed by atoms with E-state index in [9.17, 15) is 4.79 Å². The van der Waals surface area contributed by atoms with Crippen molar-refractivity contribution in [3.8, 4) is 0 Å². The molecule has 4 aliphatic rings. The smallest absolute Gasteiger partial charge is 0.151 e. The Kier molecular flexibility index (Phi) is 3.52. The molecule has 0 aliphatic heterocycles. The summed E-state index contributed by atoms with van der Waals surface area (Å²) in [7, 11) is 0. The lowest BCUT2D eigenvalue weighted by molar-refractivity contribution is 0.112. The molecule has 0 atom stereocenters. The van der Waals surface area contributed by atoms with Crippen LogP contribution in [0.25, 0.3) is 0 Å². The fourth-order valence-corrected chi connectivity index (χ4v) is 3.33. The van der Waals surface area contributed by atoms with Gasteiger partial charge >= 0.3 is 0 Å². The van der Waals surface area contributed by atoms with Crippen LogP contribution in [0, 0.1) is 0 Å². The second-order valence-electron chi connectivity index (χ2n) is 5.05. The Labute approximate surface area is 121 Å². The predicted octanol–water partition coefficient (Wildman–Crippen LogP) is 4.15. The molecule has 0 N–H and O–H groups in total. The summed E-state index contributed by atoms with van der Waals surface area (Å²) >= 11 is 3.60. The third kappa shape index (κ3) is 2.50. The van der Waals surface area contributed by atoms with Gasteiger partial charge in [-0.15, -0.1) is 0 Å². The average Bonchev–Trinajstić information content (AvgIpc) is 2.43. The number of aldehydes is 1. The van der Waals surface area contributed by atoms with Crippen LogP contribution in [-0.4, -0.2) is 6.29 Å². The zero-order valence-corrected chi connectivity index (χ0v) is 12.2. The average molecular weight is 315 g/mol. The highest BCUT2D eigenvalue weighted by Gasteiger charge is 2.12. The van der Waals surface area contributed by atoms with Crippen LogP contribution >= 0.6 is 15.9 Å². The summed E-state index contributed by atoms with van der Waals surface area (Å²) in [5.41, 5.74) is 5.87. The first kappa shape index (κ1) is 12.6. The minimum absolute atomic E-state index is 0.826. The van der Waals surface area contributed by atoms with Crippen LogP contribution < -0.4 is 0 Å². The van der Waals surface area contributed by atoms with Crippen LogP contribution in [0.4, 0.5) is 0 Å². The molecule has 0 saturated heterocycles. The Morgan fingerprint density at radius 1 is 0.789 bits per heavy atom. The Hall–Kier alpha value is -1.41. The first-order chi connectivity index (χ1) is 9.28. The minimum Gasteiger partial charge on any atom is -0.298 e. The van der Waals surface area contributed by atoms with Gasteiger partial charge in [0, 0.05) is 10.0 Å². The Bertz CT molecular complexity index is 614. The summed E-state index contributed by atoms with van der Waals surface area (Å²) in [6.07, 6.45) is 4.84. The molecule has 0 aromatic heterocycles. The van der Waals surface area contributed by atoms with Gasteiger partial charge in [-0.05, 0) is 63.9 Å². The van der Waals surface area contributed by atoms with E-state index < -0.39 is 0 Å². The number of carbonyl (C=O) groups excluding carboxylic acids is 1. The standard InChI is InChI=1S/C17H15BrO/c18-17-15-8-6-13-3-1-12(2-4-13)5-7-14(9-10-15)16(17)11-19/h1-4,9-11H,5-8H2. The van der Waals surface area contributed by atoms with Crippen LogP contribution in [-0.2, 0) is 25.7 Å². The SMILES string of the molecule is O=Cc1c2ccc(c1Br)CCc1ccc(cc1)CC2. The number of carbonyl (C=O) groups is 1. The lowest BCUT2D eigenvalue weighted by Crippen LogP contribution is -2.03. The highest BCUT2D eigenvalue weighted by Crippen LogP contribution is 2.27. The molecule has 1 nitrogen and oxygen atoms in total. The number of hydrogen-bond donors (Lipinski definition) is 0. The van der Waals surface area contributed by atoms with Gasteiger partial charge in [0.15, 0.2) is 6.29 Å². The van der Waals surface area contributed by atoms with Crippen molar-refractivity contribution in [1.29, 1.82) is 0 Å². The molecular weight excluding hydrogens is 300 g/mol. The monoisotopic (exact) mass is 314 g/mol. The molecule has 96 valence electrons. The van der Waals surface area contributed by atoms with E-state index in [0.717, 1.165) is 47.6 Å².